The van der Waals surface area contributed by atoms with Crippen molar-refractivity contribution in [1.29, 1.82) is 0 Å². The number of carbonyl (C=O) groups is 1. The number of aliphatic hydroxyl groups is 1. The summed E-state index contributed by atoms with van der Waals surface area (Å²) in [4.78, 5) is 15.8. The molecule has 4 nitrogen and oxygen atoms in total. The molecule has 0 radical (unpaired) electrons. The SMILES string of the molecule is CCC1(CO)CCN(C(C)C(=O)N(C)C)CC1. The third kappa shape index (κ3) is 3.19. The van der Waals surface area contributed by atoms with Gasteiger partial charge in [-0.15, -0.1) is 0 Å². The first-order valence-electron chi connectivity index (χ1n) is 6.52. The number of rotatable bonds is 4. The average Bonchev–Trinajstić information content (AvgIpc) is 2.37. The molecule has 1 unspecified atom stereocenters. The lowest BCUT2D eigenvalue weighted by atomic mass is 9.76. The lowest BCUT2D eigenvalue weighted by Gasteiger charge is -2.42. The number of aliphatic hydroxyl groups excluding tert-OH is 1. The molecule has 4 heteroatoms. The molecule has 0 saturated carbocycles. The maximum absolute atomic E-state index is 11.9. The number of carbonyl (C=O) groups excluding carboxylic acids is 1. The van der Waals surface area contributed by atoms with Gasteiger partial charge in [-0.25, -0.2) is 0 Å². The van der Waals surface area contributed by atoms with E-state index in [4.69, 9.17) is 0 Å². The maximum Gasteiger partial charge on any atom is 0.239 e. The second-order valence-electron chi connectivity index (χ2n) is 5.46. The van der Waals surface area contributed by atoms with Crippen molar-refractivity contribution < 1.29 is 9.90 Å². The summed E-state index contributed by atoms with van der Waals surface area (Å²) in [5.41, 5.74) is 0.0946. The van der Waals surface area contributed by atoms with Gasteiger partial charge in [-0.3, -0.25) is 9.69 Å². The van der Waals surface area contributed by atoms with Crippen molar-refractivity contribution in [3.05, 3.63) is 0 Å². The molecule has 1 aliphatic rings. The fourth-order valence-electron chi connectivity index (χ4n) is 2.54. The highest BCUT2D eigenvalue weighted by molar-refractivity contribution is 5.80. The van der Waals surface area contributed by atoms with E-state index in [0.717, 1.165) is 32.4 Å². The molecular formula is C13H26N2O2. The van der Waals surface area contributed by atoms with Crippen molar-refractivity contribution in [3.8, 4) is 0 Å². The lowest BCUT2D eigenvalue weighted by Crippen LogP contribution is -2.50. The molecule has 0 spiro atoms. The zero-order valence-electron chi connectivity index (χ0n) is 11.6. The van der Waals surface area contributed by atoms with Crippen LogP contribution in [0.4, 0.5) is 0 Å². The molecule has 1 atom stereocenters. The fourth-order valence-corrected chi connectivity index (χ4v) is 2.54. The minimum absolute atomic E-state index is 0.0430. The molecule has 0 aliphatic carbocycles. The van der Waals surface area contributed by atoms with Gasteiger partial charge >= 0.3 is 0 Å². The Kier molecular flexibility index (Phi) is 4.95. The first-order valence-corrected chi connectivity index (χ1v) is 6.52. The van der Waals surface area contributed by atoms with Gasteiger partial charge in [-0.2, -0.15) is 0 Å². The number of hydrogen-bond acceptors (Lipinski definition) is 3. The second kappa shape index (κ2) is 5.83. The summed E-state index contributed by atoms with van der Waals surface area (Å²) in [6, 6.07) is -0.0430. The standard InChI is InChI=1S/C13H26N2O2/c1-5-13(10-16)6-8-15(9-7-13)11(2)12(17)14(3)4/h11,16H,5-10H2,1-4H3. The van der Waals surface area contributed by atoms with Gasteiger partial charge in [0.25, 0.3) is 0 Å². The predicted molar refractivity (Wildman–Crippen MR) is 68.8 cm³/mol. The van der Waals surface area contributed by atoms with Crippen LogP contribution in [0.1, 0.15) is 33.1 Å². The summed E-state index contributed by atoms with van der Waals surface area (Å²) in [6.45, 7) is 6.21. The number of hydrogen-bond donors (Lipinski definition) is 1. The van der Waals surface area contributed by atoms with E-state index in [9.17, 15) is 9.90 Å². The molecule has 100 valence electrons. The highest BCUT2D eigenvalue weighted by atomic mass is 16.3. The number of likely N-dealkylation sites (tertiary alicyclic amines) is 1. The normalized spacial score (nSPS) is 22.2. The first kappa shape index (κ1) is 14.5. The van der Waals surface area contributed by atoms with Crippen LogP contribution in [-0.2, 0) is 4.79 Å². The summed E-state index contributed by atoms with van der Waals surface area (Å²) in [5, 5.41) is 9.47. The van der Waals surface area contributed by atoms with Crippen molar-refractivity contribution in [2.75, 3.05) is 33.8 Å². The Morgan fingerprint density at radius 1 is 1.41 bits per heavy atom. The van der Waals surface area contributed by atoms with Crippen molar-refractivity contribution in [3.63, 3.8) is 0 Å². The van der Waals surface area contributed by atoms with Gasteiger partial charge in [0.15, 0.2) is 0 Å². The molecule has 1 aliphatic heterocycles. The molecule has 17 heavy (non-hydrogen) atoms. The van der Waals surface area contributed by atoms with Crippen LogP contribution >= 0.6 is 0 Å². The zero-order chi connectivity index (χ0) is 13.1. The van der Waals surface area contributed by atoms with Crippen LogP contribution in [0.25, 0.3) is 0 Å². The highest BCUT2D eigenvalue weighted by Crippen LogP contribution is 2.34. The van der Waals surface area contributed by atoms with Crippen LogP contribution < -0.4 is 0 Å². The molecule has 0 aromatic carbocycles. The monoisotopic (exact) mass is 242 g/mol. The van der Waals surface area contributed by atoms with Gasteiger partial charge in [-0.05, 0) is 44.7 Å². The van der Waals surface area contributed by atoms with Gasteiger partial charge in [0, 0.05) is 20.7 Å². The molecule has 0 aromatic heterocycles. The Balaban J connectivity index is 2.54. The van der Waals surface area contributed by atoms with Gasteiger partial charge in [0.1, 0.15) is 0 Å². The Morgan fingerprint density at radius 3 is 2.29 bits per heavy atom. The summed E-state index contributed by atoms with van der Waals surface area (Å²) in [6.07, 6.45) is 3.00. The molecule has 1 saturated heterocycles. The zero-order valence-corrected chi connectivity index (χ0v) is 11.6. The van der Waals surface area contributed by atoms with Crippen molar-refractivity contribution >= 4 is 5.91 Å². The Labute approximate surface area is 105 Å². The van der Waals surface area contributed by atoms with E-state index >= 15 is 0 Å². The molecule has 1 amide bonds. The van der Waals surface area contributed by atoms with Crippen LogP contribution in [0.15, 0.2) is 0 Å². The first-order chi connectivity index (χ1) is 7.95. The largest absolute Gasteiger partial charge is 0.396 e. The summed E-state index contributed by atoms with van der Waals surface area (Å²) < 4.78 is 0. The summed E-state index contributed by atoms with van der Waals surface area (Å²) >= 11 is 0. The topological polar surface area (TPSA) is 43.8 Å². The highest BCUT2D eigenvalue weighted by Gasteiger charge is 2.35. The van der Waals surface area contributed by atoms with Crippen LogP contribution in [0.3, 0.4) is 0 Å². The fraction of sp³-hybridized carbons (Fsp3) is 0.923. The summed E-state index contributed by atoms with van der Waals surface area (Å²) in [7, 11) is 3.60. The lowest BCUT2D eigenvalue weighted by molar-refractivity contribution is -0.135. The molecule has 1 heterocycles. The third-order valence-corrected chi connectivity index (χ3v) is 4.29. The second-order valence-corrected chi connectivity index (χ2v) is 5.46. The third-order valence-electron chi connectivity index (χ3n) is 4.29. The van der Waals surface area contributed by atoms with Gasteiger partial charge < -0.3 is 10.0 Å². The number of amides is 1. The number of piperidine rings is 1. The van der Waals surface area contributed by atoms with Crippen molar-refractivity contribution in [2.45, 2.75) is 39.2 Å². The maximum atomic E-state index is 11.9. The number of likely N-dealkylation sites (N-methyl/N-ethyl adjacent to an activating group) is 1. The molecule has 1 rings (SSSR count). The van der Waals surface area contributed by atoms with Gasteiger partial charge in [-0.1, -0.05) is 6.92 Å². The molecule has 0 aromatic rings. The van der Waals surface area contributed by atoms with Gasteiger partial charge in [0.2, 0.25) is 5.91 Å². The van der Waals surface area contributed by atoms with Gasteiger partial charge in [0.05, 0.1) is 6.04 Å². The molecule has 1 N–H and O–H groups in total. The van der Waals surface area contributed by atoms with E-state index in [2.05, 4.69) is 11.8 Å². The van der Waals surface area contributed by atoms with E-state index in [1.54, 1.807) is 19.0 Å². The predicted octanol–water partition coefficient (Wildman–Crippen LogP) is 0.948. The van der Waals surface area contributed by atoms with Crippen LogP contribution in [0.2, 0.25) is 0 Å². The van der Waals surface area contributed by atoms with Crippen LogP contribution in [0, 0.1) is 5.41 Å². The summed E-state index contributed by atoms with van der Waals surface area (Å²) in [5.74, 6) is 0.165. The quantitative estimate of drug-likeness (QED) is 0.798. The molecular weight excluding hydrogens is 216 g/mol. The van der Waals surface area contributed by atoms with E-state index in [1.807, 2.05) is 6.92 Å². The number of nitrogens with zero attached hydrogens (tertiary/aromatic N) is 2. The smallest absolute Gasteiger partial charge is 0.239 e. The van der Waals surface area contributed by atoms with Crippen LogP contribution in [0.5, 0.6) is 0 Å². The molecule has 0 bridgehead atoms. The Morgan fingerprint density at radius 2 is 1.94 bits per heavy atom. The van der Waals surface area contributed by atoms with Crippen molar-refractivity contribution in [1.82, 2.24) is 9.80 Å². The van der Waals surface area contributed by atoms with E-state index in [1.165, 1.54) is 0 Å². The molecule has 1 fully saturated rings. The van der Waals surface area contributed by atoms with E-state index in [0.29, 0.717) is 0 Å². The average molecular weight is 242 g/mol. The Bertz CT molecular complexity index is 252. The Hall–Kier alpha value is -0.610. The van der Waals surface area contributed by atoms with E-state index in [-0.39, 0.29) is 24.0 Å². The minimum Gasteiger partial charge on any atom is -0.396 e. The van der Waals surface area contributed by atoms with Crippen LogP contribution in [-0.4, -0.2) is 60.6 Å². The van der Waals surface area contributed by atoms with E-state index < -0.39 is 0 Å². The minimum atomic E-state index is -0.0430. The van der Waals surface area contributed by atoms with Crippen molar-refractivity contribution in [2.24, 2.45) is 5.41 Å².